The molecule has 3 aromatic rings. The smallest absolute Gasteiger partial charge is 0.290 e. The summed E-state index contributed by atoms with van der Waals surface area (Å²) in [5.41, 5.74) is 2.02. The highest BCUT2D eigenvalue weighted by atomic mass is 35.5. The predicted octanol–water partition coefficient (Wildman–Crippen LogP) is 5.02. The average Bonchev–Trinajstić information content (AvgIpc) is 3.22. The molecule has 0 N–H and O–H groups in total. The molecular formula is C28H31ClN2O5S. The molecule has 2 aliphatic heterocycles. The number of nitrogens with zero attached hydrogens (tertiary/aromatic N) is 2. The Kier molecular flexibility index (Phi) is 6.67. The van der Waals surface area contributed by atoms with Crippen LogP contribution in [0.5, 0.6) is 5.75 Å². The highest BCUT2D eigenvalue weighted by molar-refractivity contribution is 7.91. The molecule has 37 heavy (non-hydrogen) atoms. The van der Waals surface area contributed by atoms with Gasteiger partial charge in [-0.1, -0.05) is 48.4 Å². The number of benzene rings is 2. The Bertz CT molecular complexity index is 1400. The van der Waals surface area contributed by atoms with Crippen LogP contribution in [0.3, 0.4) is 0 Å². The van der Waals surface area contributed by atoms with Crippen molar-refractivity contribution in [3.8, 4) is 16.9 Å². The summed E-state index contributed by atoms with van der Waals surface area (Å²) in [5, 5.41) is 1.21. The molecule has 6 rings (SSSR count). The third kappa shape index (κ3) is 4.99. The van der Waals surface area contributed by atoms with Gasteiger partial charge in [-0.25, -0.2) is 8.42 Å². The molecule has 0 radical (unpaired) electrons. The Labute approximate surface area is 222 Å². The van der Waals surface area contributed by atoms with Crippen molar-refractivity contribution in [1.29, 1.82) is 0 Å². The molecule has 1 saturated carbocycles. The number of likely N-dealkylation sites (tertiary alicyclic amines) is 1. The molecule has 0 spiro atoms. The van der Waals surface area contributed by atoms with Crippen molar-refractivity contribution in [1.82, 2.24) is 9.80 Å². The minimum Gasteiger partial charge on any atom is -0.489 e. The molecule has 3 aliphatic rings. The minimum absolute atomic E-state index is 0.0387. The number of ether oxygens (including phenoxy) is 1. The molecule has 3 heterocycles. The van der Waals surface area contributed by atoms with E-state index in [9.17, 15) is 13.2 Å². The van der Waals surface area contributed by atoms with Gasteiger partial charge < -0.3 is 19.0 Å². The number of fused-ring (bicyclic) bond motifs is 1. The minimum atomic E-state index is -3.11. The summed E-state index contributed by atoms with van der Waals surface area (Å²) in [4.78, 5) is 17.7. The molecule has 0 bridgehead atoms. The normalized spacial score (nSPS) is 21.2. The summed E-state index contributed by atoms with van der Waals surface area (Å²) in [6.45, 7) is 2.39. The molecule has 0 unspecified atom stereocenters. The van der Waals surface area contributed by atoms with Crippen LogP contribution >= 0.6 is 11.6 Å². The number of furan rings is 1. The van der Waals surface area contributed by atoms with Gasteiger partial charge in [0, 0.05) is 49.2 Å². The molecule has 9 heteroatoms. The molecule has 1 aromatic heterocycles. The van der Waals surface area contributed by atoms with Gasteiger partial charge >= 0.3 is 0 Å². The van der Waals surface area contributed by atoms with Gasteiger partial charge in [-0.3, -0.25) is 4.79 Å². The van der Waals surface area contributed by atoms with Gasteiger partial charge in [0.25, 0.3) is 5.91 Å². The SMILES string of the molecule is O=C(c1oc2cc(OC3CCN(C4CCC4)CC3)c(Cl)cc2c1-c1ccccc1)N1CCS(=O)(=O)CC1. The van der Waals surface area contributed by atoms with Crippen LogP contribution in [0.2, 0.25) is 5.02 Å². The fourth-order valence-electron chi connectivity index (χ4n) is 5.58. The van der Waals surface area contributed by atoms with Crippen LogP contribution in [0, 0.1) is 0 Å². The van der Waals surface area contributed by atoms with E-state index in [1.54, 1.807) is 11.0 Å². The number of amides is 1. The molecule has 0 atom stereocenters. The number of halogens is 1. The number of piperidine rings is 1. The first-order chi connectivity index (χ1) is 17.9. The molecule has 3 fully saturated rings. The van der Waals surface area contributed by atoms with E-state index in [2.05, 4.69) is 4.90 Å². The number of sulfone groups is 1. The third-order valence-corrected chi connectivity index (χ3v) is 9.90. The van der Waals surface area contributed by atoms with E-state index in [1.807, 2.05) is 36.4 Å². The molecule has 2 saturated heterocycles. The van der Waals surface area contributed by atoms with Gasteiger partial charge in [0.2, 0.25) is 5.76 Å². The van der Waals surface area contributed by atoms with E-state index >= 15 is 0 Å². The molecule has 1 aliphatic carbocycles. The largest absolute Gasteiger partial charge is 0.489 e. The van der Waals surface area contributed by atoms with Crippen LogP contribution in [0.4, 0.5) is 0 Å². The summed E-state index contributed by atoms with van der Waals surface area (Å²) in [6.07, 6.45) is 5.97. The second-order valence-corrected chi connectivity index (χ2v) is 13.0. The van der Waals surface area contributed by atoms with Crippen molar-refractivity contribution in [2.24, 2.45) is 0 Å². The van der Waals surface area contributed by atoms with E-state index in [1.165, 1.54) is 19.3 Å². The Balaban J connectivity index is 1.30. The zero-order valence-electron chi connectivity index (χ0n) is 20.7. The van der Waals surface area contributed by atoms with Crippen molar-refractivity contribution in [3.63, 3.8) is 0 Å². The maximum absolute atomic E-state index is 13.5. The van der Waals surface area contributed by atoms with Crippen LogP contribution in [-0.4, -0.2) is 74.0 Å². The van der Waals surface area contributed by atoms with E-state index in [4.69, 9.17) is 20.8 Å². The number of rotatable bonds is 5. The third-order valence-electron chi connectivity index (χ3n) is 7.99. The summed E-state index contributed by atoms with van der Waals surface area (Å²) >= 11 is 6.72. The van der Waals surface area contributed by atoms with Crippen LogP contribution in [0.25, 0.3) is 22.1 Å². The van der Waals surface area contributed by atoms with Crippen LogP contribution in [0.1, 0.15) is 42.7 Å². The number of carbonyl (C=O) groups is 1. The maximum atomic E-state index is 13.5. The Morgan fingerprint density at radius 2 is 1.68 bits per heavy atom. The monoisotopic (exact) mass is 542 g/mol. The highest BCUT2D eigenvalue weighted by Crippen LogP contribution is 2.41. The quantitative estimate of drug-likeness (QED) is 0.450. The van der Waals surface area contributed by atoms with Gasteiger partial charge in [0.1, 0.15) is 17.4 Å². The van der Waals surface area contributed by atoms with Crippen LogP contribution in [-0.2, 0) is 9.84 Å². The van der Waals surface area contributed by atoms with Crippen LogP contribution in [0.15, 0.2) is 46.9 Å². The van der Waals surface area contributed by atoms with Gasteiger partial charge in [0.15, 0.2) is 9.84 Å². The summed E-state index contributed by atoms with van der Waals surface area (Å²) in [7, 11) is -3.11. The molecule has 7 nitrogen and oxygen atoms in total. The van der Waals surface area contributed by atoms with Gasteiger partial charge in [-0.2, -0.15) is 0 Å². The lowest BCUT2D eigenvalue weighted by atomic mass is 9.90. The van der Waals surface area contributed by atoms with Gasteiger partial charge in [-0.05, 0) is 37.3 Å². The summed E-state index contributed by atoms with van der Waals surface area (Å²) in [5.74, 6) is 0.369. The highest BCUT2D eigenvalue weighted by Gasteiger charge is 2.32. The molecular weight excluding hydrogens is 512 g/mol. The van der Waals surface area contributed by atoms with Crippen molar-refractivity contribution in [2.45, 2.75) is 44.2 Å². The zero-order chi connectivity index (χ0) is 25.6. The van der Waals surface area contributed by atoms with E-state index in [0.29, 0.717) is 21.9 Å². The average molecular weight is 543 g/mol. The van der Waals surface area contributed by atoms with Crippen molar-refractivity contribution in [3.05, 3.63) is 53.2 Å². The summed E-state index contributed by atoms with van der Waals surface area (Å²) in [6, 6.07) is 13.9. The first-order valence-electron chi connectivity index (χ1n) is 13.1. The van der Waals surface area contributed by atoms with E-state index in [-0.39, 0.29) is 42.4 Å². The number of hydrogen-bond donors (Lipinski definition) is 0. The molecule has 196 valence electrons. The maximum Gasteiger partial charge on any atom is 0.290 e. The molecule has 2 aromatic carbocycles. The van der Waals surface area contributed by atoms with Crippen molar-refractivity contribution >= 4 is 38.3 Å². The lowest BCUT2D eigenvalue weighted by Gasteiger charge is -2.41. The lowest BCUT2D eigenvalue weighted by Crippen LogP contribution is -2.46. The van der Waals surface area contributed by atoms with Gasteiger partial charge in [0.05, 0.1) is 16.5 Å². The van der Waals surface area contributed by atoms with Crippen LogP contribution < -0.4 is 4.74 Å². The second-order valence-electron chi connectivity index (χ2n) is 10.3. The topological polar surface area (TPSA) is 80.1 Å². The fourth-order valence-corrected chi connectivity index (χ4v) is 6.99. The zero-order valence-corrected chi connectivity index (χ0v) is 22.3. The Morgan fingerprint density at radius 3 is 2.32 bits per heavy atom. The lowest BCUT2D eigenvalue weighted by molar-refractivity contribution is 0.0494. The first kappa shape index (κ1) is 24.8. The Hall–Kier alpha value is -2.55. The van der Waals surface area contributed by atoms with Gasteiger partial charge in [-0.15, -0.1) is 0 Å². The number of carbonyl (C=O) groups excluding carboxylic acids is 1. The Morgan fingerprint density at radius 1 is 0.973 bits per heavy atom. The van der Waals surface area contributed by atoms with E-state index < -0.39 is 9.84 Å². The summed E-state index contributed by atoms with van der Waals surface area (Å²) < 4.78 is 36.3. The van der Waals surface area contributed by atoms with E-state index in [0.717, 1.165) is 42.9 Å². The second kappa shape index (κ2) is 9.97. The number of hydrogen-bond acceptors (Lipinski definition) is 6. The predicted molar refractivity (Wildman–Crippen MR) is 144 cm³/mol. The van der Waals surface area contributed by atoms with Crippen molar-refractivity contribution in [2.75, 3.05) is 37.7 Å². The fraction of sp³-hybridized carbons (Fsp3) is 0.464. The van der Waals surface area contributed by atoms with Crippen molar-refractivity contribution < 1.29 is 22.4 Å². The first-order valence-corrected chi connectivity index (χ1v) is 15.3. The standard InChI is InChI=1S/C28H31ClN2O5S/c29-23-17-22-24(18-25(23)35-21-9-11-30(12-10-21)20-7-4-8-20)36-27(26(22)19-5-2-1-3-6-19)28(32)31-13-15-37(33,34)16-14-31/h1-3,5-6,17-18,20-21H,4,7-16H2. The molecule has 1 amide bonds.